The Labute approximate surface area is 138 Å². The first-order valence-electron chi connectivity index (χ1n) is 7.10. The fourth-order valence-electron chi connectivity index (χ4n) is 2.19. The van der Waals surface area contributed by atoms with Gasteiger partial charge in [-0.05, 0) is 18.2 Å². The van der Waals surface area contributed by atoms with Crippen molar-refractivity contribution in [1.29, 1.82) is 0 Å². The summed E-state index contributed by atoms with van der Waals surface area (Å²) >= 11 is 6.01. The van der Waals surface area contributed by atoms with E-state index in [2.05, 4.69) is 20.8 Å². The number of aromatic amines is 1. The highest BCUT2D eigenvalue weighted by Gasteiger charge is 2.03. The van der Waals surface area contributed by atoms with Gasteiger partial charge in [-0.2, -0.15) is 5.10 Å². The zero-order valence-electron chi connectivity index (χ0n) is 12.2. The van der Waals surface area contributed by atoms with Crippen LogP contribution in [0.25, 0.3) is 10.9 Å². The average molecular weight is 327 g/mol. The number of nitrogens with one attached hydrogen (secondary N) is 3. The maximum atomic E-state index is 11.8. The van der Waals surface area contributed by atoms with Crippen molar-refractivity contribution in [3.05, 3.63) is 65.3 Å². The summed E-state index contributed by atoms with van der Waals surface area (Å²) < 4.78 is 0. The van der Waals surface area contributed by atoms with Crippen molar-refractivity contribution in [2.24, 2.45) is 5.10 Å². The normalized spacial score (nSPS) is 11.0. The van der Waals surface area contributed by atoms with Crippen LogP contribution in [-0.2, 0) is 4.79 Å². The van der Waals surface area contributed by atoms with Gasteiger partial charge in [-0.15, -0.1) is 0 Å². The number of rotatable bonds is 5. The van der Waals surface area contributed by atoms with Crippen LogP contribution >= 0.6 is 11.6 Å². The molecule has 0 fully saturated rings. The predicted molar refractivity (Wildman–Crippen MR) is 94.0 cm³/mol. The Balaban J connectivity index is 1.55. The fourth-order valence-corrected chi connectivity index (χ4v) is 2.40. The van der Waals surface area contributed by atoms with Gasteiger partial charge in [0.1, 0.15) is 0 Å². The van der Waals surface area contributed by atoms with E-state index in [-0.39, 0.29) is 12.5 Å². The molecular weight excluding hydrogens is 312 g/mol. The van der Waals surface area contributed by atoms with E-state index < -0.39 is 0 Å². The second-order valence-electron chi connectivity index (χ2n) is 4.92. The SMILES string of the molecule is O=C(CNc1ccccc1Cl)N/N=C\c1c[nH]c2ccccc12. The molecule has 23 heavy (non-hydrogen) atoms. The van der Waals surface area contributed by atoms with Crippen molar-refractivity contribution in [2.75, 3.05) is 11.9 Å². The van der Waals surface area contributed by atoms with Crippen molar-refractivity contribution in [3.63, 3.8) is 0 Å². The first kappa shape index (κ1) is 15.1. The van der Waals surface area contributed by atoms with Crippen LogP contribution in [0.3, 0.4) is 0 Å². The zero-order valence-corrected chi connectivity index (χ0v) is 13.0. The van der Waals surface area contributed by atoms with Gasteiger partial charge in [0.15, 0.2) is 0 Å². The molecule has 0 spiro atoms. The molecule has 5 nitrogen and oxygen atoms in total. The number of hydrogen-bond acceptors (Lipinski definition) is 3. The zero-order chi connectivity index (χ0) is 16.1. The van der Waals surface area contributed by atoms with E-state index in [4.69, 9.17) is 11.6 Å². The van der Waals surface area contributed by atoms with E-state index >= 15 is 0 Å². The van der Waals surface area contributed by atoms with Crippen LogP contribution in [0, 0.1) is 0 Å². The standard InChI is InChI=1S/C17H15ClN4O/c18-14-6-2-4-8-16(14)20-11-17(23)22-21-10-12-9-19-15-7-3-1-5-13(12)15/h1-10,19-20H,11H2,(H,22,23)/b21-10-. The molecule has 0 atom stereocenters. The van der Waals surface area contributed by atoms with Gasteiger partial charge in [0.05, 0.1) is 23.5 Å². The predicted octanol–water partition coefficient (Wildman–Crippen LogP) is 3.38. The minimum atomic E-state index is -0.249. The third-order valence-corrected chi connectivity index (χ3v) is 3.66. The van der Waals surface area contributed by atoms with E-state index in [1.807, 2.05) is 48.7 Å². The number of aromatic nitrogens is 1. The first-order valence-corrected chi connectivity index (χ1v) is 7.48. The number of nitrogens with zero attached hydrogens (tertiary/aromatic N) is 1. The molecule has 0 saturated heterocycles. The molecule has 1 amide bonds. The average Bonchev–Trinajstić information content (AvgIpc) is 2.98. The van der Waals surface area contributed by atoms with Crippen molar-refractivity contribution in [3.8, 4) is 0 Å². The van der Waals surface area contributed by atoms with E-state index in [1.54, 1.807) is 12.3 Å². The minimum Gasteiger partial charge on any atom is -0.375 e. The maximum Gasteiger partial charge on any atom is 0.259 e. The second kappa shape index (κ2) is 6.98. The van der Waals surface area contributed by atoms with Gasteiger partial charge < -0.3 is 10.3 Å². The number of carbonyl (C=O) groups is 1. The Morgan fingerprint density at radius 2 is 1.96 bits per heavy atom. The number of amides is 1. The van der Waals surface area contributed by atoms with Crippen molar-refractivity contribution >= 4 is 40.3 Å². The van der Waals surface area contributed by atoms with E-state index in [9.17, 15) is 4.79 Å². The Kier molecular flexibility index (Phi) is 4.59. The Bertz CT molecular complexity index is 856. The molecule has 116 valence electrons. The fraction of sp³-hybridized carbons (Fsp3) is 0.0588. The van der Waals surface area contributed by atoms with E-state index in [1.165, 1.54) is 0 Å². The number of carbonyl (C=O) groups excluding carboxylic acids is 1. The number of para-hydroxylation sites is 2. The van der Waals surface area contributed by atoms with Crippen LogP contribution in [0.5, 0.6) is 0 Å². The van der Waals surface area contributed by atoms with Gasteiger partial charge in [0.25, 0.3) is 5.91 Å². The summed E-state index contributed by atoms with van der Waals surface area (Å²) in [6.45, 7) is 0.0922. The van der Waals surface area contributed by atoms with Gasteiger partial charge in [-0.1, -0.05) is 41.9 Å². The van der Waals surface area contributed by atoms with Crippen LogP contribution < -0.4 is 10.7 Å². The van der Waals surface area contributed by atoms with Gasteiger partial charge >= 0.3 is 0 Å². The Morgan fingerprint density at radius 3 is 2.83 bits per heavy atom. The smallest absolute Gasteiger partial charge is 0.259 e. The summed E-state index contributed by atoms with van der Waals surface area (Å²) in [7, 11) is 0. The van der Waals surface area contributed by atoms with Gasteiger partial charge in [0, 0.05) is 22.7 Å². The number of fused-ring (bicyclic) bond motifs is 1. The molecule has 0 bridgehead atoms. The summed E-state index contributed by atoms with van der Waals surface area (Å²) in [5.74, 6) is -0.249. The Morgan fingerprint density at radius 1 is 1.17 bits per heavy atom. The monoisotopic (exact) mass is 326 g/mol. The molecule has 3 N–H and O–H groups in total. The number of anilines is 1. The molecule has 1 aromatic heterocycles. The molecular formula is C17H15ClN4O. The molecule has 2 aromatic carbocycles. The number of hydrogen-bond donors (Lipinski definition) is 3. The van der Waals surface area contributed by atoms with Crippen molar-refractivity contribution in [2.45, 2.75) is 0 Å². The molecule has 1 heterocycles. The quantitative estimate of drug-likeness (QED) is 0.497. The first-order chi connectivity index (χ1) is 11.2. The van der Waals surface area contributed by atoms with Crippen LogP contribution in [-0.4, -0.2) is 23.7 Å². The van der Waals surface area contributed by atoms with Crippen molar-refractivity contribution in [1.82, 2.24) is 10.4 Å². The molecule has 3 rings (SSSR count). The molecule has 0 unspecified atom stereocenters. The minimum absolute atomic E-state index is 0.0922. The van der Waals surface area contributed by atoms with Gasteiger partial charge in [-0.25, -0.2) is 5.43 Å². The number of H-pyrrole nitrogens is 1. The molecule has 0 saturated carbocycles. The highest BCUT2D eigenvalue weighted by atomic mass is 35.5. The lowest BCUT2D eigenvalue weighted by atomic mass is 10.2. The summed E-state index contributed by atoms with van der Waals surface area (Å²) in [5, 5.41) is 8.57. The topological polar surface area (TPSA) is 69.3 Å². The molecule has 0 radical (unpaired) electrons. The Hall–Kier alpha value is -2.79. The molecule has 0 aliphatic heterocycles. The summed E-state index contributed by atoms with van der Waals surface area (Å²) in [6.07, 6.45) is 3.47. The van der Waals surface area contributed by atoms with E-state index in [0.29, 0.717) is 10.7 Å². The molecule has 0 aliphatic carbocycles. The van der Waals surface area contributed by atoms with Crippen LogP contribution in [0.4, 0.5) is 5.69 Å². The number of benzene rings is 2. The highest BCUT2D eigenvalue weighted by Crippen LogP contribution is 2.19. The lowest BCUT2D eigenvalue weighted by molar-refractivity contribution is -0.119. The maximum absolute atomic E-state index is 11.8. The second-order valence-corrected chi connectivity index (χ2v) is 5.32. The van der Waals surface area contributed by atoms with Gasteiger partial charge in [-0.3, -0.25) is 4.79 Å². The van der Waals surface area contributed by atoms with Crippen molar-refractivity contribution < 1.29 is 4.79 Å². The largest absolute Gasteiger partial charge is 0.375 e. The highest BCUT2D eigenvalue weighted by molar-refractivity contribution is 6.33. The van der Waals surface area contributed by atoms with E-state index in [0.717, 1.165) is 16.5 Å². The van der Waals surface area contributed by atoms with Crippen LogP contribution in [0.2, 0.25) is 5.02 Å². The van der Waals surface area contributed by atoms with Gasteiger partial charge in [0.2, 0.25) is 0 Å². The molecule has 3 aromatic rings. The van der Waals surface area contributed by atoms with Crippen LogP contribution in [0.1, 0.15) is 5.56 Å². The summed E-state index contributed by atoms with van der Waals surface area (Å²) in [5.41, 5.74) is 5.14. The molecule has 6 heteroatoms. The number of hydrazone groups is 1. The third kappa shape index (κ3) is 3.70. The summed E-state index contributed by atoms with van der Waals surface area (Å²) in [4.78, 5) is 14.9. The van der Waals surface area contributed by atoms with Crippen LogP contribution in [0.15, 0.2) is 59.8 Å². The lowest BCUT2D eigenvalue weighted by Crippen LogP contribution is -2.25. The molecule has 0 aliphatic rings. The lowest BCUT2D eigenvalue weighted by Gasteiger charge is -2.06. The third-order valence-electron chi connectivity index (χ3n) is 3.33. The number of halogens is 1. The summed E-state index contributed by atoms with van der Waals surface area (Å²) in [6, 6.07) is 15.1.